The number of Topliss-reactive ketones (excluding diaryl/α,β-unsaturated/α-hetero) is 1. The van der Waals surface area contributed by atoms with Crippen LogP contribution in [-0.4, -0.2) is 35.6 Å². The molecule has 0 aromatic heterocycles. The van der Waals surface area contributed by atoms with Crippen LogP contribution < -0.4 is 10.1 Å². The number of benzene rings is 2. The topological polar surface area (TPSA) is 75.7 Å². The van der Waals surface area contributed by atoms with Gasteiger partial charge in [0, 0.05) is 11.8 Å². The van der Waals surface area contributed by atoms with Gasteiger partial charge in [-0.1, -0.05) is 24.3 Å². The molecule has 6 nitrogen and oxygen atoms in total. The first kappa shape index (κ1) is 18.1. The van der Waals surface area contributed by atoms with Crippen molar-refractivity contribution in [1.29, 1.82) is 0 Å². The van der Waals surface area contributed by atoms with Gasteiger partial charge in [0.25, 0.3) is 0 Å². The van der Waals surface area contributed by atoms with Gasteiger partial charge in [-0.2, -0.15) is 0 Å². The van der Waals surface area contributed by atoms with E-state index in [9.17, 15) is 14.4 Å². The summed E-state index contributed by atoms with van der Waals surface area (Å²) >= 11 is 3.41. The summed E-state index contributed by atoms with van der Waals surface area (Å²) in [6.45, 7) is 0. The van der Waals surface area contributed by atoms with E-state index in [0.29, 0.717) is 15.8 Å². The number of nitrogens with zero attached hydrogens (tertiary/aromatic N) is 1. The highest BCUT2D eigenvalue weighted by Gasteiger charge is 2.61. The van der Waals surface area contributed by atoms with Crippen molar-refractivity contribution >= 4 is 39.6 Å². The average molecular weight is 453 g/mol. The molecular formula is C22H17BrN2O4. The van der Waals surface area contributed by atoms with E-state index >= 15 is 0 Å². The minimum Gasteiger partial charge on any atom is -0.496 e. The molecule has 0 radical (unpaired) electrons. The van der Waals surface area contributed by atoms with E-state index in [0.717, 1.165) is 11.1 Å². The molecule has 146 valence electrons. The zero-order chi connectivity index (χ0) is 20.3. The largest absolute Gasteiger partial charge is 0.496 e. The van der Waals surface area contributed by atoms with Crippen LogP contribution in [0.3, 0.4) is 0 Å². The molecule has 2 aromatic carbocycles. The smallest absolute Gasteiger partial charge is 0.233 e. The van der Waals surface area contributed by atoms with Crippen LogP contribution in [0.1, 0.15) is 27.5 Å². The first-order valence-electron chi connectivity index (χ1n) is 9.28. The van der Waals surface area contributed by atoms with Gasteiger partial charge in [-0.25, -0.2) is 0 Å². The van der Waals surface area contributed by atoms with Crippen LogP contribution in [-0.2, 0) is 9.59 Å². The summed E-state index contributed by atoms with van der Waals surface area (Å²) in [5, 5.41) is 2.44. The minimum atomic E-state index is -0.749. The molecule has 3 aliphatic rings. The van der Waals surface area contributed by atoms with Crippen molar-refractivity contribution < 1.29 is 19.1 Å². The number of fused-ring (bicyclic) bond motifs is 5. The molecule has 0 saturated carbocycles. The molecule has 0 unspecified atom stereocenters. The van der Waals surface area contributed by atoms with E-state index in [1.54, 1.807) is 25.3 Å². The summed E-state index contributed by atoms with van der Waals surface area (Å²) in [5.74, 6) is -1.59. The second-order valence-electron chi connectivity index (χ2n) is 7.40. The Morgan fingerprint density at radius 3 is 2.62 bits per heavy atom. The standard InChI is InChI=1S/C22H17BrN2O4/c1-29-15-7-6-12(10-14(15)23)20(26)19-17-16(21(27)24-22(17)28)18-13-5-3-2-4-11(13)8-9-25(18)19/h2-10,16-19H,1H3,(H,24,27,28)/t16-,17-,18-,19+/m1/s1. The molecule has 2 amide bonds. The first-order chi connectivity index (χ1) is 14.0. The zero-order valence-corrected chi connectivity index (χ0v) is 17.0. The lowest BCUT2D eigenvalue weighted by atomic mass is 9.83. The quantitative estimate of drug-likeness (QED) is 0.572. The van der Waals surface area contributed by atoms with Crippen molar-refractivity contribution in [3.8, 4) is 5.75 Å². The molecule has 3 heterocycles. The van der Waals surface area contributed by atoms with E-state index in [1.807, 2.05) is 41.4 Å². The van der Waals surface area contributed by atoms with Gasteiger partial charge < -0.3 is 9.64 Å². The number of carbonyl (C=O) groups is 3. The van der Waals surface area contributed by atoms with Gasteiger partial charge >= 0.3 is 0 Å². The summed E-state index contributed by atoms with van der Waals surface area (Å²) in [6.07, 6.45) is 3.77. The van der Waals surface area contributed by atoms with E-state index in [-0.39, 0.29) is 23.6 Å². The Labute approximate surface area is 175 Å². The molecule has 2 saturated heterocycles. The number of nitrogens with one attached hydrogen (secondary N) is 1. The maximum absolute atomic E-state index is 13.5. The van der Waals surface area contributed by atoms with Gasteiger partial charge in [0.05, 0.1) is 29.5 Å². The number of methoxy groups -OCH3 is 1. The minimum absolute atomic E-state index is 0.195. The lowest BCUT2D eigenvalue weighted by Crippen LogP contribution is -2.42. The molecule has 5 rings (SSSR count). The third-order valence-electron chi connectivity index (χ3n) is 6.01. The third kappa shape index (κ3) is 2.57. The predicted molar refractivity (Wildman–Crippen MR) is 109 cm³/mol. The van der Waals surface area contributed by atoms with E-state index in [1.165, 1.54) is 0 Å². The van der Waals surface area contributed by atoms with Gasteiger partial charge in [-0.3, -0.25) is 19.7 Å². The molecule has 1 N–H and O–H groups in total. The Kier molecular flexibility index (Phi) is 4.10. The fourth-order valence-electron chi connectivity index (χ4n) is 4.76. The number of ketones is 1. The van der Waals surface area contributed by atoms with Crippen molar-refractivity contribution in [3.63, 3.8) is 0 Å². The van der Waals surface area contributed by atoms with E-state index in [2.05, 4.69) is 21.2 Å². The highest BCUT2D eigenvalue weighted by molar-refractivity contribution is 9.10. The number of amides is 2. The molecular weight excluding hydrogens is 436 g/mol. The van der Waals surface area contributed by atoms with E-state index in [4.69, 9.17) is 4.74 Å². The van der Waals surface area contributed by atoms with Crippen LogP contribution >= 0.6 is 15.9 Å². The molecule has 0 aliphatic carbocycles. The average Bonchev–Trinajstić information content (AvgIpc) is 3.22. The summed E-state index contributed by atoms with van der Waals surface area (Å²) < 4.78 is 5.90. The van der Waals surface area contributed by atoms with Crippen molar-refractivity contribution in [3.05, 3.63) is 69.8 Å². The second kappa shape index (κ2) is 6.56. The number of halogens is 1. The first-order valence-corrected chi connectivity index (χ1v) is 10.1. The lowest BCUT2D eigenvalue weighted by molar-refractivity contribution is -0.127. The van der Waals surface area contributed by atoms with Crippen LogP contribution in [0.5, 0.6) is 5.75 Å². The van der Waals surface area contributed by atoms with Crippen LogP contribution in [0, 0.1) is 11.8 Å². The molecule has 0 spiro atoms. The van der Waals surface area contributed by atoms with Crippen molar-refractivity contribution in [1.82, 2.24) is 10.2 Å². The number of imide groups is 1. The maximum Gasteiger partial charge on any atom is 0.233 e. The Morgan fingerprint density at radius 2 is 1.86 bits per heavy atom. The van der Waals surface area contributed by atoms with Gasteiger partial charge in [0.1, 0.15) is 11.8 Å². The summed E-state index contributed by atoms with van der Waals surface area (Å²) in [5.41, 5.74) is 2.42. The van der Waals surface area contributed by atoms with Crippen molar-refractivity contribution in [2.24, 2.45) is 11.8 Å². The highest BCUT2D eigenvalue weighted by atomic mass is 79.9. The normalized spacial score (nSPS) is 26.6. The number of hydrogen-bond donors (Lipinski definition) is 1. The van der Waals surface area contributed by atoms with Crippen molar-refractivity contribution in [2.75, 3.05) is 7.11 Å². The monoisotopic (exact) mass is 452 g/mol. The Balaban J connectivity index is 1.62. The summed E-state index contributed by atoms with van der Waals surface area (Å²) in [6, 6.07) is 11.8. The Bertz CT molecular complexity index is 1100. The van der Waals surface area contributed by atoms with Crippen LogP contribution in [0.2, 0.25) is 0 Å². The zero-order valence-electron chi connectivity index (χ0n) is 15.5. The molecule has 7 heteroatoms. The number of rotatable bonds is 3. The van der Waals surface area contributed by atoms with Crippen LogP contribution in [0.15, 0.2) is 53.1 Å². The van der Waals surface area contributed by atoms with Crippen molar-refractivity contribution in [2.45, 2.75) is 12.1 Å². The summed E-state index contributed by atoms with van der Waals surface area (Å²) in [4.78, 5) is 40.7. The van der Waals surface area contributed by atoms with Crippen LogP contribution in [0.25, 0.3) is 6.08 Å². The second-order valence-corrected chi connectivity index (χ2v) is 8.25. The fraction of sp³-hybridized carbons (Fsp3) is 0.227. The van der Waals surface area contributed by atoms with Crippen LogP contribution in [0.4, 0.5) is 0 Å². The molecule has 2 aromatic rings. The molecule has 3 aliphatic heterocycles. The summed E-state index contributed by atoms with van der Waals surface area (Å²) in [7, 11) is 1.55. The Morgan fingerprint density at radius 1 is 1.10 bits per heavy atom. The van der Waals surface area contributed by atoms with Gasteiger partial charge in [0.2, 0.25) is 11.8 Å². The fourth-order valence-corrected chi connectivity index (χ4v) is 5.31. The highest BCUT2D eigenvalue weighted by Crippen LogP contribution is 2.51. The SMILES string of the molecule is COc1ccc(C(=O)[C@@H]2[C@@H]3C(=O)NC(=O)[C@H]3[C@H]3c4ccccc4C=CN23)cc1Br. The van der Waals surface area contributed by atoms with E-state index < -0.39 is 17.9 Å². The molecule has 29 heavy (non-hydrogen) atoms. The number of carbonyl (C=O) groups excluding carboxylic acids is 3. The Hall–Kier alpha value is -2.93. The number of hydrogen-bond acceptors (Lipinski definition) is 5. The number of ether oxygens (including phenoxy) is 1. The molecule has 4 atom stereocenters. The molecule has 0 bridgehead atoms. The third-order valence-corrected chi connectivity index (χ3v) is 6.63. The van der Waals surface area contributed by atoms with Gasteiger partial charge in [0.15, 0.2) is 5.78 Å². The maximum atomic E-state index is 13.5. The molecule has 2 fully saturated rings. The van der Waals surface area contributed by atoms with Gasteiger partial charge in [-0.15, -0.1) is 0 Å². The lowest BCUT2D eigenvalue weighted by Gasteiger charge is -2.34. The van der Waals surface area contributed by atoms with Gasteiger partial charge in [-0.05, 0) is 51.3 Å². The predicted octanol–water partition coefficient (Wildman–Crippen LogP) is 2.94.